The lowest BCUT2D eigenvalue weighted by molar-refractivity contribution is -0.139. The monoisotopic (exact) mass is 373 g/mol. The van der Waals surface area contributed by atoms with E-state index in [-0.39, 0.29) is 19.0 Å². The minimum atomic E-state index is -4.47. The van der Waals surface area contributed by atoms with Crippen LogP contribution >= 0.6 is 0 Å². The molecule has 0 amide bonds. The van der Waals surface area contributed by atoms with Crippen LogP contribution in [-0.2, 0) is 12.6 Å². The van der Waals surface area contributed by atoms with Gasteiger partial charge in [0.1, 0.15) is 5.75 Å². The number of rotatable bonds is 12. The predicted octanol–water partition coefficient (Wildman–Crippen LogP) is 4.86. The van der Waals surface area contributed by atoms with Crippen LogP contribution in [0.15, 0.2) is 30.4 Å². The number of unbranched alkanes of at least 4 members (excludes halogenated alkanes) is 4. The summed E-state index contributed by atoms with van der Waals surface area (Å²) in [4.78, 5) is 0. The number of aliphatic hydroxyl groups is 1. The summed E-state index contributed by atoms with van der Waals surface area (Å²) >= 11 is 0. The van der Waals surface area contributed by atoms with E-state index in [0.29, 0.717) is 24.0 Å². The molecule has 0 radical (unpaired) electrons. The first kappa shape index (κ1) is 22.5. The Morgan fingerprint density at radius 3 is 2.54 bits per heavy atom. The fourth-order valence-electron chi connectivity index (χ4n) is 2.61. The maximum atomic E-state index is 13.3. The molecule has 0 heterocycles. The molecule has 0 aliphatic rings. The van der Waals surface area contributed by atoms with Gasteiger partial charge in [0.25, 0.3) is 0 Å². The Morgan fingerprint density at radius 1 is 1.23 bits per heavy atom. The maximum absolute atomic E-state index is 13.3. The minimum Gasteiger partial charge on any atom is -0.493 e. The molecule has 148 valence electrons. The second-order valence-electron chi connectivity index (χ2n) is 6.55. The molecule has 0 aliphatic carbocycles. The van der Waals surface area contributed by atoms with Gasteiger partial charge in [-0.15, -0.1) is 0 Å². The Kier molecular flexibility index (Phi) is 9.73. The van der Waals surface area contributed by atoms with Crippen LogP contribution in [0.5, 0.6) is 5.75 Å². The van der Waals surface area contributed by atoms with E-state index in [1.165, 1.54) is 6.07 Å². The molecular weight excluding hydrogens is 343 g/mol. The van der Waals surface area contributed by atoms with E-state index in [0.717, 1.165) is 38.2 Å². The Balaban J connectivity index is 2.70. The molecule has 0 unspecified atom stereocenters. The number of halogens is 3. The zero-order valence-electron chi connectivity index (χ0n) is 15.4. The van der Waals surface area contributed by atoms with Crippen molar-refractivity contribution in [3.8, 4) is 5.75 Å². The second kappa shape index (κ2) is 11.2. The van der Waals surface area contributed by atoms with Gasteiger partial charge in [-0.25, -0.2) is 0 Å². The smallest absolute Gasteiger partial charge is 0.419 e. The van der Waals surface area contributed by atoms with Crippen molar-refractivity contribution in [2.75, 3.05) is 13.2 Å². The van der Waals surface area contributed by atoms with E-state index >= 15 is 0 Å². The van der Waals surface area contributed by atoms with Crippen LogP contribution in [0.4, 0.5) is 13.2 Å². The van der Waals surface area contributed by atoms with Crippen molar-refractivity contribution in [1.29, 1.82) is 0 Å². The van der Waals surface area contributed by atoms with Crippen molar-refractivity contribution in [2.45, 2.75) is 64.1 Å². The lowest BCUT2D eigenvalue weighted by atomic mass is 9.99. The lowest BCUT2D eigenvalue weighted by Gasteiger charge is -2.17. The Bertz CT molecular complexity index is 558. The molecule has 0 aliphatic heterocycles. The van der Waals surface area contributed by atoms with Gasteiger partial charge in [0.15, 0.2) is 0 Å². The van der Waals surface area contributed by atoms with Gasteiger partial charge in [-0.2, -0.15) is 13.2 Å². The van der Waals surface area contributed by atoms with Gasteiger partial charge in [-0.05, 0) is 42.5 Å². The van der Waals surface area contributed by atoms with Crippen molar-refractivity contribution in [2.24, 2.45) is 5.73 Å². The number of hydrogen-bond acceptors (Lipinski definition) is 3. The summed E-state index contributed by atoms with van der Waals surface area (Å²) < 4.78 is 45.4. The highest BCUT2D eigenvalue weighted by Gasteiger charge is 2.34. The van der Waals surface area contributed by atoms with Crippen LogP contribution in [0.3, 0.4) is 0 Å². The Labute approximate surface area is 154 Å². The summed E-state index contributed by atoms with van der Waals surface area (Å²) in [5, 5.41) is 9.00. The van der Waals surface area contributed by atoms with Gasteiger partial charge in [-0.3, -0.25) is 0 Å². The van der Waals surface area contributed by atoms with Gasteiger partial charge in [0.05, 0.1) is 18.8 Å². The molecule has 0 bridgehead atoms. The summed E-state index contributed by atoms with van der Waals surface area (Å²) in [6.45, 7) is 5.82. The van der Waals surface area contributed by atoms with E-state index in [4.69, 9.17) is 15.6 Å². The van der Waals surface area contributed by atoms with Crippen molar-refractivity contribution in [1.82, 2.24) is 0 Å². The Morgan fingerprint density at radius 2 is 1.92 bits per heavy atom. The first-order valence-electron chi connectivity index (χ1n) is 9.16. The standard InChI is InChI=1S/C20H30F3NO2/c1-3-4-5-6-7-12-26-19-11-9-16(13-17(19)20(21,22)23)8-10-18(24)15(2)14-25/h9,11,13,18,25H,2-8,10,12,14,24H2,1H3/t18-/m1/s1. The predicted molar refractivity (Wildman–Crippen MR) is 98.2 cm³/mol. The lowest BCUT2D eigenvalue weighted by Crippen LogP contribution is -2.24. The van der Waals surface area contributed by atoms with Crippen LogP contribution < -0.4 is 10.5 Å². The van der Waals surface area contributed by atoms with E-state index in [1.54, 1.807) is 6.07 Å². The van der Waals surface area contributed by atoms with Crippen LogP contribution in [0.25, 0.3) is 0 Å². The van der Waals surface area contributed by atoms with Crippen molar-refractivity contribution < 1.29 is 23.0 Å². The highest BCUT2D eigenvalue weighted by atomic mass is 19.4. The van der Waals surface area contributed by atoms with Crippen LogP contribution in [0, 0.1) is 0 Å². The topological polar surface area (TPSA) is 55.5 Å². The van der Waals surface area contributed by atoms with E-state index < -0.39 is 17.8 Å². The molecule has 0 fully saturated rings. The van der Waals surface area contributed by atoms with Gasteiger partial charge in [0.2, 0.25) is 0 Å². The van der Waals surface area contributed by atoms with Crippen molar-refractivity contribution in [3.63, 3.8) is 0 Å². The molecule has 1 atom stereocenters. The van der Waals surface area contributed by atoms with Gasteiger partial charge in [-0.1, -0.05) is 45.3 Å². The van der Waals surface area contributed by atoms with Crippen LogP contribution in [0.1, 0.15) is 56.6 Å². The van der Waals surface area contributed by atoms with Gasteiger partial charge in [0, 0.05) is 6.04 Å². The molecule has 0 saturated carbocycles. The number of aliphatic hydroxyl groups excluding tert-OH is 1. The first-order valence-corrected chi connectivity index (χ1v) is 9.16. The molecule has 3 N–H and O–H groups in total. The third kappa shape index (κ3) is 7.79. The SMILES string of the molecule is C=C(CO)[C@H](N)CCc1ccc(OCCCCCCC)c(C(F)(F)F)c1. The summed E-state index contributed by atoms with van der Waals surface area (Å²) in [7, 11) is 0. The van der Waals surface area contributed by atoms with E-state index in [2.05, 4.69) is 13.5 Å². The largest absolute Gasteiger partial charge is 0.493 e. The van der Waals surface area contributed by atoms with Crippen molar-refractivity contribution >= 4 is 0 Å². The molecule has 1 aromatic carbocycles. The fourth-order valence-corrected chi connectivity index (χ4v) is 2.61. The molecule has 1 rings (SSSR count). The molecule has 0 spiro atoms. The number of ether oxygens (including phenoxy) is 1. The molecular formula is C20H30F3NO2. The number of hydrogen-bond donors (Lipinski definition) is 2. The fraction of sp³-hybridized carbons (Fsp3) is 0.600. The second-order valence-corrected chi connectivity index (χ2v) is 6.55. The highest BCUT2D eigenvalue weighted by Crippen LogP contribution is 2.37. The quantitative estimate of drug-likeness (QED) is 0.406. The highest BCUT2D eigenvalue weighted by molar-refractivity contribution is 5.39. The number of nitrogens with two attached hydrogens (primary N) is 1. The van der Waals surface area contributed by atoms with Crippen molar-refractivity contribution in [3.05, 3.63) is 41.5 Å². The molecule has 0 saturated heterocycles. The van der Waals surface area contributed by atoms with Gasteiger partial charge < -0.3 is 15.6 Å². The minimum absolute atomic E-state index is 0.124. The number of benzene rings is 1. The molecule has 3 nitrogen and oxygen atoms in total. The number of alkyl halides is 3. The average molecular weight is 373 g/mol. The van der Waals surface area contributed by atoms with Crippen LogP contribution in [-0.4, -0.2) is 24.4 Å². The zero-order chi connectivity index (χ0) is 19.6. The Hall–Kier alpha value is -1.53. The summed E-state index contributed by atoms with van der Waals surface area (Å²) in [5.74, 6) is -0.124. The normalized spacial score (nSPS) is 12.8. The summed E-state index contributed by atoms with van der Waals surface area (Å²) in [5.41, 5.74) is 6.10. The number of aryl methyl sites for hydroxylation is 1. The van der Waals surface area contributed by atoms with E-state index in [9.17, 15) is 13.2 Å². The average Bonchev–Trinajstić information content (AvgIpc) is 2.61. The molecule has 26 heavy (non-hydrogen) atoms. The van der Waals surface area contributed by atoms with Gasteiger partial charge >= 0.3 is 6.18 Å². The molecule has 0 aromatic heterocycles. The third-order valence-corrected chi connectivity index (χ3v) is 4.33. The zero-order valence-corrected chi connectivity index (χ0v) is 15.4. The molecule has 1 aromatic rings. The summed E-state index contributed by atoms with van der Waals surface area (Å²) in [6, 6.07) is 3.71. The summed E-state index contributed by atoms with van der Waals surface area (Å²) in [6.07, 6.45) is 1.36. The molecule has 6 heteroatoms. The maximum Gasteiger partial charge on any atom is 0.419 e. The van der Waals surface area contributed by atoms with Crippen LogP contribution in [0.2, 0.25) is 0 Å². The first-order chi connectivity index (χ1) is 12.3. The third-order valence-electron chi connectivity index (χ3n) is 4.33. The van der Waals surface area contributed by atoms with E-state index in [1.807, 2.05) is 0 Å².